The van der Waals surface area contributed by atoms with E-state index < -0.39 is 11.4 Å². The maximum absolute atomic E-state index is 13.5. The van der Waals surface area contributed by atoms with Crippen molar-refractivity contribution in [2.75, 3.05) is 13.1 Å². The van der Waals surface area contributed by atoms with Gasteiger partial charge in [0.1, 0.15) is 5.82 Å². The Labute approximate surface area is 154 Å². The average Bonchev–Trinajstić information content (AvgIpc) is 3.45. The van der Waals surface area contributed by atoms with Crippen molar-refractivity contribution in [2.24, 2.45) is 0 Å². The van der Waals surface area contributed by atoms with Gasteiger partial charge in [-0.3, -0.25) is 14.7 Å². The van der Waals surface area contributed by atoms with E-state index in [0.717, 1.165) is 24.2 Å². The van der Waals surface area contributed by atoms with Gasteiger partial charge in [-0.2, -0.15) is 5.10 Å². The molecule has 6 nitrogen and oxygen atoms in total. The molecule has 0 unspecified atom stereocenters. The molecule has 0 saturated heterocycles. The highest BCUT2D eigenvalue weighted by Crippen LogP contribution is 2.41. The number of halogens is 1. The monoisotopic (exact) mass is 366 g/mol. The molecule has 2 aromatic heterocycles. The second kappa shape index (κ2) is 6.04. The number of pyridine rings is 1. The Hall–Kier alpha value is -2.96. The standard InChI is InChI=1S/C20H19FN4O2/c21-12-3-4-13-15(10-18(26)22-17(13)9-12)20(27)25-7-5-14-16(6-8-25)23-24-19(14)11-1-2-11/h3-4,9-11H,1-2,5-8H2,(H,22,26)(H,23,24). The maximum Gasteiger partial charge on any atom is 0.254 e. The van der Waals surface area contributed by atoms with E-state index in [2.05, 4.69) is 15.2 Å². The van der Waals surface area contributed by atoms with Gasteiger partial charge in [0.15, 0.2) is 0 Å². The summed E-state index contributed by atoms with van der Waals surface area (Å²) in [6, 6.07) is 5.40. The van der Waals surface area contributed by atoms with Crippen LogP contribution < -0.4 is 5.56 Å². The number of nitrogens with zero attached hydrogens (tertiary/aromatic N) is 2. The SMILES string of the molecule is O=C(c1cc(=O)[nH]c2cc(F)ccc12)N1CCc2[nH]nc(C3CC3)c2CC1. The Bertz CT molecular complexity index is 1110. The third-order valence-corrected chi connectivity index (χ3v) is 5.53. The van der Waals surface area contributed by atoms with E-state index in [1.54, 1.807) is 11.0 Å². The van der Waals surface area contributed by atoms with Gasteiger partial charge >= 0.3 is 0 Å². The zero-order valence-corrected chi connectivity index (χ0v) is 14.7. The summed E-state index contributed by atoms with van der Waals surface area (Å²) in [4.78, 5) is 29.5. The molecule has 1 saturated carbocycles. The molecule has 0 spiro atoms. The van der Waals surface area contributed by atoms with Crippen LogP contribution in [0.1, 0.15) is 46.1 Å². The van der Waals surface area contributed by atoms with Crippen molar-refractivity contribution >= 4 is 16.8 Å². The molecule has 2 aliphatic rings. The fraction of sp³-hybridized carbons (Fsp3) is 0.350. The van der Waals surface area contributed by atoms with Crippen LogP contribution in [0.25, 0.3) is 10.9 Å². The number of hydrogen-bond acceptors (Lipinski definition) is 3. The Morgan fingerprint density at radius 2 is 2.00 bits per heavy atom. The summed E-state index contributed by atoms with van der Waals surface area (Å²) in [5.74, 6) is -0.0707. The lowest BCUT2D eigenvalue weighted by molar-refractivity contribution is 0.0764. The summed E-state index contributed by atoms with van der Waals surface area (Å²) in [5, 5.41) is 8.19. The minimum absolute atomic E-state index is 0.191. The predicted octanol–water partition coefficient (Wildman–Crippen LogP) is 2.51. The Morgan fingerprint density at radius 1 is 1.19 bits per heavy atom. The molecule has 0 atom stereocenters. The zero-order valence-electron chi connectivity index (χ0n) is 14.7. The van der Waals surface area contributed by atoms with Crippen LogP contribution in [0.5, 0.6) is 0 Å². The maximum atomic E-state index is 13.5. The van der Waals surface area contributed by atoms with Gasteiger partial charge in [-0.15, -0.1) is 0 Å². The number of aromatic nitrogens is 3. The number of benzene rings is 1. The van der Waals surface area contributed by atoms with Gasteiger partial charge in [0.25, 0.3) is 5.91 Å². The first kappa shape index (κ1) is 16.2. The molecular formula is C20H19FN4O2. The molecular weight excluding hydrogens is 347 g/mol. The Kier molecular flexibility index (Phi) is 3.63. The zero-order chi connectivity index (χ0) is 18.5. The highest BCUT2D eigenvalue weighted by atomic mass is 19.1. The number of H-pyrrole nitrogens is 2. The van der Waals surface area contributed by atoms with E-state index in [1.165, 1.54) is 36.6 Å². The summed E-state index contributed by atoms with van der Waals surface area (Å²) < 4.78 is 13.5. The van der Waals surface area contributed by atoms with Crippen molar-refractivity contribution in [1.82, 2.24) is 20.1 Å². The molecule has 3 aromatic rings. The summed E-state index contributed by atoms with van der Waals surface area (Å²) in [5.41, 5.74) is 3.79. The molecule has 0 radical (unpaired) electrons. The number of amides is 1. The minimum atomic E-state index is -0.448. The van der Waals surface area contributed by atoms with Crippen LogP contribution in [0, 0.1) is 5.82 Å². The number of nitrogens with one attached hydrogen (secondary N) is 2. The quantitative estimate of drug-likeness (QED) is 0.731. The van der Waals surface area contributed by atoms with Gasteiger partial charge in [0, 0.05) is 42.6 Å². The molecule has 5 rings (SSSR count). The third-order valence-electron chi connectivity index (χ3n) is 5.53. The Morgan fingerprint density at radius 3 is 2.81 bits per heavy atom. The lowest BCUT2D eigenvalue weighted by Gasteiger charge is -2.21. The smallest absolute Gasteiger partial charge is 0.254 e. The molecule has 1 aliphatic carbocycles. The van der Waals surface area contributed by atoms with E-state index in [0.29, 0.717) is 35.5 Å². The molecule has 27 heavy (non-hydrogen) atoms. The third kappa shape index (κ3) is 2.83. The second-order valence-electron chi connectivity index (χ2n) is 7.37. The first-order chi connectivity index (χ1) is 13.1. The van der Waals surface area contributed by atoms with Crippen molar-refractivity contribution in [3.8, 4) is 0 Å². The van der Waals surface area contributed by atoms with Crippen molar-refractivity contribution in [3.05, 3.63) is 63.0 Å². The van der Waals surface area contributed by atoms with Crippen LogP contribution in [0.2, 0.25) is 0 Å². The van der Waals surface area contributed by atoms with Crippen LogP contribution in [0.3, 0.4) is 0 Å². The lowest BCUT2D eigenvalue weighted by Crippen LogP contribution is -2.34. The molecule has 2 N–H and O–H groups in total. The summed E-state index contributed by atoms with van der Waals surface area (Å²) >= 11 is 0. The highest BCUT2D eigenvalue weighted by Gasteiger charge is 2.32. The van der Waals surface area contributed by atoms with Gasteiger partial charge < -0.3 is 9.88 Å². The topological polar surface area (TPSA) is 81.9 Å². The van der Waals surface area contributed by atoms with Gasteiger partial charge in [0.05, 0.1) is 16.8 Å². The molecule has 7 heteroatoms. The number of aromatic amines is 2. The molecule has 3 heterocycles. The molecule has 1 amide bonds. The van der Waals surface area contributed by atoms with Crippen molar-refractivity contribution in [1.29, 1.82) is 0 Å². The van der Waals surface area contributed by atoms with E-state index in [-0.39, 0.29) is 5.91 Å². The second-order valence-corrected chi connectivity index (χ2v) is 7.37. The minimum Gasteiger partial charge on any atom is -0.338 e. The van der Waals surface area contributed by atoms with E-state index >= 15 is 0 Å². The normalized spacial score (nSPS) is 17.0. The van der Waals surface area contributed by atoms with E-state index in [9.17, 15) is 14.0 Å². The van der Waals surface area contributed by atoms with Crippen LogP contribution in [0.15, 0.2) is 29.1 Å². The fourth-order valence-electron chi connectivity index (χ4n) is 3.99. The van der Waals surface area contributed by atoms with E-state index in [1.807, 2.05) is 0 Å². The van der Waals surface area contributed by atoms with E-state index in [4.69, 9.17) is 0 Å². The van der Waals surface area contributed by atoms with Gasteiger partial charge in [-0.25, -0.2) is 4.39 Å². The van der Waals surface area contributed by atoms with Gasteiger partial charge in [-0.05, 0) is 43.0 Å². The summed E-state index contributed by atoms with van der Waals surface area (Å²) in [7, 11) is 0. The van der Waals surface area contributed by atoms with Crippen molar-refractivity contribution in [3.63, 3.8) is 0 Å². The molecule has 1 fully saturated rings. The largest absolute Gasteiger partial charge is 0.338 e. The van der Waals surface area contributed by atoms with Crippen LogP contribution in [-0.4, -0.2) is 39.1 Å². The summed E-state index contributed by atoms with van der Waals surface area (Å²) in [6.45, 7) is 1.15. The molecule has 0 bridgehead atoms. The molecule has 1 aromatic carbocycles. The first-order valence-electron chi connectivity index (χ1n) is 9.28. The molecule has 1 aliphatic heterocycles. The van der Waals surface area contributed by atoms with Crippen molar-refractivity contribution in [2.45, 2.75) is 31.6 Å². The highest BCUT2D eigenvalue weighted by molar-refractivity contribution is 6.06. The summed E-state index contributed by atoms with van der Waals surface area (Å²) in [6.07, 6.45) is 3.86. The number of rotatable bonds is 2. The first-order valence-corrected chi connectivity index (χ1v) is 9.28. The number of hydrogen-bond donors (Lipinski definition) is 2. The number of carbonyl (C=O) groups is 1. The van der Waals surface area contributed by atoms with Crippen molar-refractivity contribution < 1.29 is 9.18 Å². The lowest BCUT2D eigenvalue weighted by atomic mass is 10.1. The van der Waals surface area contributed by atoms with Crippen LogP contribution in [-0.2, 0) is 12.8 Å². The Balaban J connectivity index is 1.46. The molecule has 138 valence electrons. The predicted molar refractivity (Wildman–Crippen MR) is 98.4 cm³/mol. The van der Waals surface area contributed by atoms with Crippen LogP contribution >= 0.6 is 0 Å². The number of carbonyl (C=O) groups excluding carboxylic acids is 1. The van der Waals surface area contributed by atoms with Crippen LogP contribution in [0.4, 0.5) is 4.39 Å². The van der Waals surface area contributed by atoms with Gasteiger partial charge in [-0.1, -0.05) is 0 Å². The fourth-order valence-corrected chi connectivity index (χ4v) is 3.99. The number of fused-ring (bicyclic) bond motifs is 2. The average molecular weight is 366 g/mol. The van der Waals surface area contributed by atoms with Gasteiger partial charge in [0.2, 0.25) is 5.56 Å².